The summed E-state index contributed by atoms with van der Waals surface area (Å²) >= 11 is 6.32. The molecule has 1 fully saturated rings. The molecule has 2 heterocycles. The fourth-order valence-electron chi connectivity index (χ4n) is 3.66. The number of halogens is 1. The fourth-order valence-corrected chi connectivity index (χ4v) is 3.89. The zero-order valence-corrected chi connectivity index (χ0v) is 17.3. The van der Waals surface area contributed by atoms with Crippen molar-refractivity contribution in [3.05, 3.63) is 69.9 Å². The zero-order valence-electron chi connectivity index (χ0n) is 16.5. The molecule has 0 saturated carbocycles. The van der Waals surface area contributed by atoms with Crippen molar-refractivity contribution in [3.8, 4) is 11.3 Å². The third-order valence-corrected chi connectivity index (χ3v) is 5.47. The van der Waals surface area contributed by atoms with Crippen LogP contribution in [0.5, 0.6) is 0 Å². The van der Waals surface area contributed by atoms with E-state index in [4.69, 9.17) is 16.1 Å². The summed E-state index contributed by atoms with van der Waals surface area (Å²) in [5.74, 6) is 0.170. The Kier molecular flexibility index (Phi) is 5.41. The normalized spacial score (nSPS) is 18.8. The molecule has 1 amide bonds. The van der Waals surface area contributed by atoms with Gasteiger partial charge in [0.05, 0.1) is 5.02 Å². The Morgan fingerprint density at radius 1 is 1.21 bits per heavy atom. The quantitative estimate of drug-likeness (QED) is 0.576. The molecule has 1 saturated heterocycles. The van der Waals surface area contributed by atoms with Crippen LogP contribution in [0.25, 0.3) is 11.3 Å². The number of carbonyl (C=O) groups is 1. The van der Waals surface area contributed by atoms with Gasteiger partial charge in [0.2, 0.25) is 0 Å². The Bertz CT molecular complexity index is 1060. The number of anilines is 1. The molecule has 150 valence electrons. The molecule has 3 N–H and O–H groups in total. The van der Waals surface area contributed by atoms with Crippen LogP contribution in [0.3, 0.4) is 0 Å². The van der Waals surface area contributed by atoms with Crippen molar-refractivity contribution in [3.63, 3.8) is 0 Å². The van der Waals surface area contributed by atoms with Crippen molar-refractivity contribution in [2.45, 2.75) is 39.3 Å². The second-order valence-corrected chi connectivity index (χ2v) is 7.87. The Balaban J connectivity index is 1.68. The van der Waals surface area contributed by atoms with Gasteiger partial charge in [0, 0.05) is 23.3 Å². The van der Waals surface area contributed by atoms with Crippen LogP contribution < -0.4 is 16.2 Å². The maximum absolute atomic E-state index is 13.2. The molecule has 0 bridgehead atoms. The van der Waals surface area contributed by atoms with Crippen molar-refractivity contribution < 1.29 is 9.32 Å². The molecule has 0 aliphatic carbocycles. The lowest BCUT2D eigenvalue weighted by molar-refractivity contribution is 0.102. The summed E-state index contributed by atoms with van der Waals surface area (Å²) < 4.78 is 5.34. The molecule has 0 spiro atoms. The van der Waals surface area contributed by atoms with Gasteiger partial charge in [-0.05, 0) is 44.9 Å². The third kappa shape index (κ3) is 3.92. The smallest absolute Gasteiger partial charge is 0.261 e. The molecule has 29 heavy (non-hydrogen) atoms. The first-order chi connectivity index (χ1) is 13.9. The Hall–Kier alpha value is -2.67. The van der Waals surface area contributed by atoms with Gasteiger partial charge in [-0.3, -0.25) is 10.2 Å². The number of nitrogens with one attached hydrogen (secondary N) is 3. The number of hydrogen-bond acceptors (Lipinski definition) is 5. The van der Waals surface area contributed by atoms with E-state index in [1.807, 2.05) is 37.3 Å². The van der Waals surface area contributed by atoms with E-state index < -0.39 is 0 Å². The van der Waals surface area contributed by atoms with Crippen LogP contribution in [0.2, 0.25) is 5.02 Å². The van der Waals surface area contributed by atoms with Gasteiger partial charge in [-0.25, -0.2) is 5.43 Å². The number of hydrogen-bond donors (Lipinski definition) is 3. The summed E-state index contributed by atoms with van der Waals surface area (Å²) in [5.41, 5.74) is 11.0. The zero-order chi connectivity index (χ0) is 20.5. The summed E-state index contributed by atoms with van der Waals surface area (Å²) in [6.07, 6.45) is 0.934. The minimum atomic E-state index is -0.275. The second-order valence-electron chi connectivity index (χ2n) is 7.47. The monoisotopic (exact) mass is 410 g/mol. The van der Waals surface area contributed by atoms with E-state index in [9.17, 15) is 4.79 Å². The third-order valence-electron chi connectivity index (χ3n) is 5.14. The van der Waals surface area contributed by atoms with Crippen LogP contribution in [0.4, 0.5) is 5.69 Å². The number of benzene rings is 2. The Morgan fingerprint density at radius 3 is 2.72 bits per heavy atom. The minimum absolute atomic E-state index is 0.117. The molecule has 0 radical (unpaired) electrons. The van der Waals surface area contributed by atoms with Crippen LogP contribution in [0, 0.1) is 13.8 Å². The van der Waals surface area contributed by atoms with E-state index in [1.54, 1.807) is 13.0 Å². The van der Waals surface area contributed by atoms with E-state index >= 15 is 0 Å². The van der Waals surface area contributed by atoms with Gasteiger partial charge in [-0.15, -0.1) is 0 Å². The highest BCUT2D eigenvalue weighted by Gasteiger charge is 2.27. The van der Waals surface area contributed by atoms with Crippen molar-refractivity contribution in [2.24, 2.45) is 0 Å². The van der Waals surface area contributed by atoms with Gasteiger partial charge >= 0.3 is 0 Å². The second kappa shape index (κ2) is 7.99. The fraction of sp³-hybridized carbons (Fsp3) is 0.273. The van der Waals surface area contributed by atoms with E-state index in [-0.39, 0.29) is 11.9 Å². The number of rotatable bonds is 4. The standard InChI is InChI=1S/C22H23ClN4O2/c1-12-8-9-18(16(10-12)19-11-13(2)25-26-19)24-22(28)20-14(3)29-27-21(20)15-6-4-5-7-17(15)23/h4-10,13,19,25-26H,11H2,1-3H3,(H,24,28). The van der Waals surface area contributed by atoms with Gasteiger partial charge in [0.15, 0.2) is 0 Å². The molecule has 1 aliphatic rings. The van der Waals surface area contributed by atoms with Crippen LogP contribution in [0.15, 0.2) is 47.0 Å². The lowest BCUT2D eigenvalue weighted by atomic mass is 9.98. The molecule has 4 rings (SSSR count). The van der Waals surface area contributed by atoms with E-state index in [0.717, 1.165) is 23.2 Å². The van der Waals surface area contributed by atoms with Crippen molar-refractivity contribution in [1.29, 1.82) is 0 Å². The van der Waals surface area contributed by atoms with Gasteiger partial charge in [-0.1, -0.05) is 52.7 Å². The maximum Gasteiger partial charge on any atom is 0.261 e. The predicted octanol–water partition coefficient (Wildman–Crippen LogP) is 4.79. The van der Waals surface area contributed by atoms with Gasteiger partial charge < -0.3 is 9.84 Å². The van der Waals surface area contributed by atoms with Crippen LogP contribution in [0.1, 0.15) is 46.6 Å². The molecule has 1 aliphatic heterocycles. The molecule has 3 aromatic rings. The average molecular weight is 411 g/mol. The lowest BCUT2D eigenvalue weighted by Gasteiger charge is -2.17. The van der Waals surface area contributed by atoms with Crippen molar-refractivity contribution in [1.82, 2.24) is 16.0 Å². The molecular formula is C22H23ClN4O2. The first kappa shape index (κ1) is 19.6. The van der Waals surface area contributed by atoms with Crippen molar-refractivity contribution >= 4 is 23.2 Å². The number of aryl methyl sites for hydroxylation is 2. The van der Waals surface area contributed by atoms with Gasteiger partial charge in [-0.2, -0.15) is 0 Å². The minimum Gasteiger partial charge on any atom is -0.360 e. The van der Waals surface area contributed by atoms with Crippen LogP contribution >= 0.6 is 11.6 Å². The van der Waals surface area contributed by atoms with E-state index in [1.165, 1.54) is 0 Å². The maximum atomic E-state index is 13.2. The van der Waals surface area contributed by atoms with Crippen LogP contribution in [-0.4, -0.2) is 17.1 Å². The number of aromatic nitrogens is 1. The van der Waals surface area contributed by atoms with Crippen LogP contribution in [-0.2, 0) is 0 Å². The first-order valence-electron chi connectivity index (χ1n) is 9.58. The lowest BCUT2D eigenvalue weighted by Crippen LogP contribution is -2.29. The topological polar surface area (TPSA) is 79.2 Å². The molecular weight excluding hydrogens is 388 g/mol. The highest BCUT2D eigenvalue weighted by atomic mass is 35.5. The summed E-state index contributed by atoms with van der Waals surface area (Å²) in [6, 6.07) is 13.8. The van der Waals surface area contributed by atoms with Crippen molar-refractivity contribution in [2.75, 3.05) is 5.32 Å². The number of amides is 1. The Morgan fingerprint density at radius 2 is 2.00 bits per heavy atom. The molecule has 6 nitrogen and oxygen atoms in total. The van der Waals surface area contributed by atoms with E-state index in [2.05, 4.69) is 34.3 Å². The molecule has 2 unspecified atom stereocenters. The summed E-state index contributed by atoms with van der Waals surface area (Å²) in [7, 11) is 0. The number of hydrazine groups is 1. The Labute approximate surface area is 174 Å². The molecule has 2 aromatic carbocycles. The summed E-state index contributed by atoms with van der Waals surface area (Å²) in [4.78, 5) is 13.2. The molecule has 1 aromatic heterocycles. The predicted molar refractivity (Wildman–Crippen MR) is 114 cm³/mol. The number of carbonyl (C=O) groups excluding carboxylic acids is 1. The summed E-state index contributed by atoms with van der Waals surface area (Å²) in [6.45, 7) is 5.89. The molecule has 2 atom stereocenters. The first-order valence-corrected chi connectivity index (χ1v) is 9.96. The van der Waals surface area contributed by atoms with Gasteiger partial charge in [0.25, 0.3) is 5.91 Å². The molecule has 7 heteroatoms. The summed E-state index contributed by atoms with van der Waals surface area (Å²) in [5, 5.41) is 7.66. The number of nitrogens with zero attached hydrogens (tertiary/aromatic N) is 1. The average Bonchev–Trinajstić information content (AvgIpc) is 3.29. The highest BCUT2D eigenvalue weighted by molar-refractivity contribution is 6.33. The largest absolute Gasteiger partial charge is 0.360 e. The van der Waals surface area contributed by atoms with Gasteiger partial charge in [0.1, 0.15) is 17.0 Å². The van der Waals surface area contributed by atoms with E-state index in [0.29, 0.717) is 33.6 Å². The SMILES string of the molecule is Cc1ccc(NC(=O)c2c(-c3ccccc3Cl)noc2C)c(C2CC(C)NN2)c1. The highest BCUT2D eigenvalue weighted by Crippen LogP contribution is 2.33.